The molecule has 1 atom stereocenters. The van der Waals surface area contributed by atoms with Gasteiger partial charge < -0.3 is 4.74 Å². The average Bonchev–Trinajstić information content (AvgIpc) is 2.35. The Balaban J connectivity index is 3.25. The van der Waals surface area contributed by atoms with Gasteiger partial charge in [0.25, 0.3) is 0 Å². The molecule has 0 aromatic carbocycles. The van der Waals surface area contributed by atoms with E-state index in [1.807, 2.05) is 0 Å². The summed E-state index contributed by atoms with van der Waals surface area (Å²) >= 11 is 0. The van der Waals surface area contributed by atoms with Gasteiger partial charge in [0, 0.05) is 6.92 Å². The number of esters is 1. The summed E-state index contributed by atoms with van der Waals surface area (Å²) in [6, 6.07) is 0. The predicted molar refractivity (Wildman–Crippen MR) is 77.7 cm³/mol. The summed E-state index contributed by atoms with van der Waals surface area (Å²) in [6.45, 7) is 5.84. The van der Waals surface area contributed by atoms with E-state index in [9.17, 15) is 4.79 Å². The molecule has 0 heterocycles. The maximum Gasteiger partial charge on any atom is 0.302 e. The molecule has 0 aromatic heterocycles. The number of hydrogen-bond acceptors (Lipinski definition) is 2. The first-order chi connectivity index (χ1) is 8.70. The van der Waals surface area contributed by atoms with Crippen molar-refractivity contribution in [3.8, 4) is 0 Å². The van der Waals surface area contributed by atoms with Crippen LogP contribution < -0.4 is 0 Å². The lowest BCUT2D eigenvalue weighted by molar-refractivity contribution is -0.146. The van der Waals surface area contributed by atoms with E-state index in [2.05, 4.69) is 13.8 Å². The third kappa shape index (κ3) is 11.9. The summed E-state index contributed by atoms with van der Waals surface area (Å²) in [5.41, 5.74) is 0. The van der Waals surface area contributed by atoms with Gasteiger partial charge in [0.05, 0.1) is 0 Å². The molecule has 18 heavy (non-hydrogen) atoms. The molecule has 0 saturated carbocycles. The van der Waals surface area contributed by atoms with Gasteiger partial charge >= 0.3 is 5.97 Å². The smallest absolute Gasteiger partial charge is 0.302 e. The molecule has 0 saturated heterocycles. The van der Waals surface area contributed by atoms with Gasteiger partial charge in [-0.2, -0.15) is 0 Å². The second-order valence-corrected chi connectivity index (χ2v) is 5.26. The Morgan fingerprint density at radius 1 is 0.889 bits per heavy atom. The summed E-state index contributed by atoms with van der Waals surface area (Å²) in [4.78, 5) is 10.9. The molecule has 0 fully saturated rings. The Labute approximate surface area is 113 Å². The first kappa shape index (κ1) is 17.5. The molecule has 0 spiro atoms. The van der Waals surface area contributed by atoms with Crippen LogP contribution in [0.1, 0.15) is 91.4 Å². The lowest BCUT2D eigenvalue weighted by Gasteiger charge is -2.14. The Kier molecular flexibility index (Phi) is 12.5. The molecule has 0 aliphatic carbocycles. The average molecular weight is 256 g/mol. The van der Waals surface area contributed by atoms with Crippen molar-refractivity contribution in [1.82, 2.24) is 0 Å². The van der Waals surface area contributed by atoms with Crippen molar-refractivity contribution in [3.63, 3.8) is 0 Å². The van der Waals surface area contributed by atoms with Crippen LogP contribution in [0.5, 0.6) is 0 Å². The minimum Gasteiger partial charge on any atom is -0.463 e. The summed E-state index contributed by atoms with van der Waals surface area (Å²) in [5.74, 6) is -0.141. The summed E-state index contributed by atoms with van der Waals surface area (Å²) in [7, 11) is 0. The molecule has 0 aliphatic heterocycles. The Bertz CT molecular complexity index is 190. The zero-order valence-corrected chi connectivity index (χ0v) is 12.7. The molecule has 0 amide bonds. The summed E-state index contributed by atoms with van der Waals surface area (Å²) in [6.07, 6.45) is 14.2. The van der Waals surface area contributed by atoms with Crippen molar-refractivity contribution in [3.05, 3.63) is 0 Å². The van der Waals surface area contributed by atoms with E-state index < -0.39 is 0 Å². The fourth-order valence-electron chi connectivity index (χ4n) is 2.26. The lowest BCUT2D eigenvalue weighted by atomic mass is 10.0. The number of carbonyl (C=O) groups is 1. The van der Waals surface area contributed by atoms with Crippen molar-refractivity contribution in [2.45, 2.75) is 97.5 Å². The van der Waals surface area contributed by atoms with Crippen LogP contribution in [0.25, 0.3) is 0 Å². The third-order valence-corrected chi connectivity index (χ3v) is 3.42. The van der Waals surface area contributed by atoms with Crippen LogP contribution in [-0.4, -0.2) is 12.1 Å². The Morgan fingerprint density at radius 3 is 1.83 bits per heavy atom. The van der Waals surface area contributed by atoms with Gasteiger partial charge in [0.15, 0.2) is 0 Å². The van der Waals surface area contributed by atoms with E-state index in [1.165, 1.54) is 64.7 Å². The SMILES string of the molecule is CCCCCCCCCCCC(CC)OC(C)=O. The van der Waals surface area contributed by atoms with Crippen LogP contribution in [0.4, 0.5) is 0 Å². The number of rotatable bonds is 12. The third-order valence-electron chi connectivity index (χ3n) is 3.42. The highest BCUT2D eigenvalue weighted by molar-refractivity contribution is 5.66. The largest absolute Gasteiger partial charge is 0.463 e. The first-order valence-electron chi connectivity index (χ1n) is 7.87. The van der Waals surface area contributed by atoms with Crippen molar-refractivity contribution in [2.75, 3.05) is 0 Å². The molecule has 108 valence electrons. The summed E-state index contributed by atoms with van der Waals surface area (Å²) < 4.78 is 5.23. The maximum absolute atomic E-state index is 10.9. The fraction of sp³-hybridized carbons (Fsp3) is 0.938. The van der Waals surface area contributed by atoms with E-state index in [0.29, 0.717) is 0 Å². The van der Waals surface area contributed by atoms with Gasteiger partial charge in [-0.3, -0.25) is 4.79 Å². The molecule has 0 rings (SSSR count). The monoisotopic (exact) mass is 256 g/mol. The fourth-order valence-corrected chi connectivity index (χ4v) is 2.26. The predicted octanol–water partition coefficient (Wildman–Crippen LogP) is 5.25. The zero-order chi connectivity index (χ0) is 13.6. The van der Waals surface area contributed by atoms with E-state index in [4.69, 9.17) is 4.74 Å². The standard InChI is InChI=1S/C16H32O2/c1-4-6-7-8-9-10-11-12-13-14-16(5-2)18-15(3)17/h16H,4-14H2,1-3H3. The van der Waals surface area contributed by atoms with E-state index >= 15 is 0 Å². The van der Waals surface area contributed by atoms with Crippen molar-refractivity contribution in [2.24, 2.45) is 0 Å². The van der Waals surface area contributed by atoms with Gasteiger partial charge in [-0.15, -0.1) is 0 Å². The number of unbranched alkanes of at least 4 members (excludes halogenated alkanes) is 8. The van der Waals surface area contributed by atoms with Gasteiger partial charge in [0.1, 0.15) is 6.10 Å². The first-order valence-corrected chi connectivity index (χ1v) is 7.87. The van der Waals surface area contributed by atoms with Crippen LogP contribution in [0.3, 0.4) is 0 Å². The normalized spacial score (nSPS) is 12.4. The van der Waals surface area contributed by atoms with Gasteiger partial charge in [-0.05, 0) is 19.3 Å². The van der Waals surface area contributed by atoms with Crippen LogP contribution in [0.2, 0.25) is 0 Å². The zero-order valence-electron chi connectivity index (χ0n) is 12.7. The lowest BCUT2D eigenvalue weighted by Crippen LogP contribution is -2.14. The van der Waals surface area contributed by atoms with Gasteiger partial charge in [-0.1, -0.05) is 65.2 Å². The van der Waals surface area contributed by atoms with Crippen molar-refractivity contribution < 1.29 is 9.53 Å². The molecule has 2 nitrogen and oxygen atoms in total. The molecule has 0 bridgehead atoms. The Hall–Kier alpha value is -0.530. The van der Waals surface area contributed by atoms with E-state index in [-0.39, 0.29) is 12.1 Å². The van der Waals surface area contributed by atoms with E-state index in [1.54, 1.807) is 0 Å². The maximum atomic E-state index is 10.9. The van der Waals surface area contributed by atoms with Gasteiger partial charge in [-0.25, -0.2) is 0 Å². The molecular formula is C16H32O2. The van der Waals surface area contributed by atoms with Crippen LogP contribution in [0, 0.1) is 0 Å². The van der Waals surface area contributed by atoms with E-state index in [0.717, 1.165) is 12.8 Å². The Morgan fingerprint density at radius 2 is 1.39 bits per heavy atom. The number of ether oxygens (including phenoxy) is 1. The van der Waals surface area contributed by atoms with Gasteiger partial charge in [0.2, 0.25) is 0 Å². The highest BCUT2D eigenvalue weighted by Crippen LogP contribution is 2.13. The van der Waals surface area contributed by atoms with Crippen molar-refractivity contribution >= 4 is 5.97 Å². The minimum absolute atomic E-state index is 0.141. The molecule has 2 heteroatoms. The second-order valence-electron chi connectivity index (χ2n) is 5.26. The van der Waals surface area contributed by atoms with Crippen LogP contribution >= 0.6 is 0 Å². The molecule has 0 radical (unpaired) electrons. The summed E-state index contributed by atoms with van der Waals surface area (Å²) in [5, 5.41) is 0. The second kappa shape index (κ2) is 12.9. The quantitative estimate of drug-likeness (QED) is 0.352. The van der Waals surface area contributed by atoms with Crippen LogP contribution in [-0.2, 0) is 9.53 Å². The number of hydrogen-bond donors (Lipinski definition) is 0. The minimum atomic E-state index is -0.141. The van der Waals surface area contributed by atoms with Crippen molar-refractivity contribution in [1.29, 1.82) is 0 Å². The molecule has 0 aliphatic rings. The molecular weight excluding hydrogens is 224 g/mol. The highest BCUT2D eigenvalue weighted by atomic mass is 16.5. The molecule has 1 unspecified atom stereocenters. The molecule has 0 aromatic rings. The highest BCUT2D eigenvalue weighted by Gasteiger charge is 2.08. The molecule has 0 N–H and O–H groups in total. The number of carbonyl (C=O) groups excluding carboxylic acids is 1. The van der Waals surface area contributed by atoms with Crippen LogP contribution in [0.15, 0.2) is 0 Å². The topological polar surface area (TPSA) is 26.3 Å².